The lowest BCUT2D eigenvalue weighted by molar-refractivity contribution is -0.124. The van der Waals surface area contributed by atoms with Gasteiger partial charge in [0.15, 0.2) is 0 Å². The summed E-state index contributed by atoms with van der Waals surface area (Å²) in [6.07, 6.45) is 2.96. The zero-order valence-electron chi connectivity index (χ0n) is 56.6. The number of benzene rings is 8. The lowest BCUT2D eigenvalue weighted by Crippen LogP contribution is -2.31. The summed E-state index contributed by atoms with van der Waals surface area (Å²) in [5, 5.41) is 16.4. The van der Waals surface area contributed by atoms with Crippen molar-refractivity contribution in [3.63, 3.8) is 0 Å². The third-order valence-electron chi connectivity index (χ3n) is 15.2. The molecule has 508 valence electrons. The molecule has 0 aromatic heterocycles. The summed E-state index contributed by atoms with van der Waals surface area (Å²) < 4.78 is 27.2. The van der Waals surface area contributed by atoms with E-state index >= 15 is 0 Å². The molecule has 3 heterocycles. The summed E-state index contributed by atoms with van der Waals surface area (Å²) >= 11 is 5.91. The molecule has 0 saturated carbocycles. The molecule has 19 heteroatoms. The molecule has 0 bridgehead atoms. The molecule has 0 fully saturated rings. The predicted octanol–water partition coefficient (Wildman–Crippen LogP) is 16.7. The summed E-state index contributed by atoms with van der Waals surface area (Å²) in [5.41, 5.74) is 14.1. The SMILES string of the molecule is CC(C)O.CC(C)OCC(=O)N1c2ccccc2CCc2ccc(NC(=O)OC(C)(C)C)cc21.CC(C)OCC(=O)N1c2ccccc2CCc2ccc(NC(=O)OCc3ccccc3)cc21.O=C(Nc1ccc2c(c1)N(C(=O)CCl)c1ccccc1CC2)OCc1ccccc1. The molecule has 18 nitrogen and oxygen atoms in total. The number of aryl methyl sites for hydroxylation is 6. The Morgan fingerprint density at radius 1 is 0.412 bits per heavy atom. The maximum atomic E-state index is 13.3. The number of anilines is 9. The van der Waals surface area contributed by atoms with Gasteiger partial charge in [-0.3, -0.25) is 45.0 Å². The highest BCUT2D eigenvalue weighted by molar-refractivity contribution is 6.30. The molecule has 0 spiro atoms. The monoisotopic (exact) mass is 1330 g/mol. The molecule has 3 aliphatic heterocycles. The van der Waals surface area contributed by atoms with Crippen LogP contribution in [0.3, 0.4) is 0 Å². The van der Waals surface area contributed by atoms with Crippen LogP contribution in [0, 0.1) is 0 Å². The van der Waals surface area contributed by atoms with E-state index in [1.54, 1.807) is 34.6 Å². The van der Waals surface area contributed by atoms with Crippen molar-refractivity contribution in [2.75, 3.05) is 49.7 Å². The van der Waals surface area contributed by atoms with Crippen LogP contribution in [-0.4, -0.2) is 84.1 Å². The standard InChI is InChI=1S/C27H28N2O4.C24H21ClN2O3.C24H30N2O4.C3H8O/c1-19(2)32-18-26(30)29-24-11-7-6-10-21(24)12-13-22-14-15-23(16-25(22)29)28-27(31)33-17-20-8-4-3-5-9-20;25-15-23(28)27-21-9-5-4-8-18(21)10-11-19-12-13-20(14-22(19)27)26-24(29)30-16-17-6-2-1-3-7-17;1-16(2)29-15-22(27)26-20-9-7-6-8-17(20)10-11-18-12-13-19(14-21(18)26)25-23(28)30-24(3,4)5;1-3(2)4/h3-11,14-16,19H,12-13,17-18H2,1-2H3,(H,28,31);1-9,12-14H,10-11,15-16H2,(H,26,29);6-9,12-14,16H,10-11,15H2,1-5H3,(H,25,28);3-4H,1-2H3. The Kier molecular flexibility index (Phi) is 26.5. The number of para-hydroxylation sites is 3. The van der Waals surface area contributed by atoms with Gasteiger partial charge in [0.1, 0.15) is 37.9 Å². The Morgan fingerprint density at radius 3 is 1.01 bits per heavy atom. The van der Waals surface area contributed by atoms with Gasteiger partial charge in [-0.25, -0.2) is 14.4 Å². The van der Waals surface area contributed by atoms with Crippen LogP contribution in [0.2, 0.25) is 0 Å². The Hall–Kier alpha value is -9.85. The number of amides is 6. The Morgan fingerprint density at radius 2 is 0.701 bits per heavy atom. The van der Waals surface area contributed by atoms with E-state index in [4.69, 9.17) is 40.4 Å². The van der Waals surface area contributed by atoms with Crippen LogP contribution in [0.25, 0.3) is 0 Å². The van der Waals surface area contributed by atoms with Gasteiger partial charge in [-0.05, 0) is 200 Å². The summed E-state index contributed by atoms with van der Waals surface area (Å²) in [7, 11) is 0. The number of nitrogens with zero attached hydrogens (tertiary/aromatic N) is 3. The fourth-order valence-electron chi connectivity index (χ4n) is 10.8. The second-order valence-electron chi connectivity index (χ2n) is 25.1. The van der Waals surface area contributed by atoms with Gasteiger partial charge in [0, 0.05) is 23.2 Å². The highest BCUT2D eigenvalue weighted by Gasteiger charge is 2.30. The van der Waals surface area contributed by atoms with Crippen LogP contribution in [0.4, 0.5) is 65.6 Å². The number of hydrogen-bond acceptors (Lipinski definition) is 12. The van der Waals surface area contributed by atoms with Gasteiger partial charge in [-0.15, -0.1) is 11.6 Å². The first kappa shape index (κ1) is 73.0. The van der Waals surface area contributed by atoms with Gasteiger partial charge in [0.05, 0.1) is 46.3 Å². The number of fused-ring (bicyclic) bond motifs is 6. The molecule has 3 aliphatic rings. The minimum Gasteiger partial charge on any atom is -0.444 e. The van der Waals surface area contributed by atoms with Crippen molar-refractivity contribution in [2.24, 2.45) is 0 Å². The van der Waals surface area contributed by atoms with E-state index in [1.165, 1.54) is 0 Å². The van der Waals surface area contributed by atoms with Crippen LogP contribution in [0.1, 0.15) is 107 Å². The molecule has 11 rings (SSSR count). The van der Waals surface area contributed by atoms with Crippen LogP contribution in [0.5, 0.6) is 0 Å². The summed E-state index contributed by atoms with van der Waals surface area (Å²) in [6.45, 7) is 16.8. The lowest BCUT2D eigenvalue weighted by atomic mass is 10.0. The van der Waals surface area contributed by atoms with Crippen molar-refractivity contribution in [3.05, 3.63) is 233 Å². The Bertz CT molecular complexity index is 3990. The van der Waals surface area contributed by atoms with Gasteiger partial charge in [-0.2, -0.15) is 0 Å². The van der Waals surface area contributed by atoms with Gasteiger partial charge in [0.25, 0.3) is 11.8 Å². The molecule has 97 heavy (non-hydrogen) atoms. The number of hydrogen-bond donors (Lipinski definition) is 4. The first-order valence-electron chi connectivity index (χ1n) is 32.6. The highest BCUT2D eigenvalue weighted by Crippen LogP contribution is 2.41. The molecule has 0 atom stereocenters. The van der Waals surface area contributed by atoms with E-state index < -0.39 is 23.9 Å². The topological polar surface area (TPSA) is 215 Å². The number of carbonyl (C=O) groups excluding carboxylic acids is 6. The molecular weight excluding hydrogens is 1250 g/mol. The quantitative estimate of drug-likeness (QED) is 0.0591. The van der Waals surface area contributed by atoms with E-state index in [1.807, 2.05) is 230 Å². The largest absolute Gasteiger partial charge is 0.444 e. The van der Waals surface area contributed by atoms with Crippen LogP contribution >= 0.6 is 11.6 Å². The number of nitrogens with one attached hydrogen (secondary N) is 3. The second kappa shape index (κ2) is 35.2. The average Bonchev–Trinajstić information content (AvgIpc) is 1.73. The molecule has 0 unspecified atom stereocenters. The lowest BCUT2D eigenvalue weighted by Gasteiger charge is -2.26. The van der Waals surface area contributed by atoms with Crippen LogP contribution in [-0.2, 0) is 89.8 Å². The van der Waals surface area contributed by atoms with Crippen LogP contribution in [0.15, 0.2) is 188 Å². The predicted molar refractivity (Wildman–Crippen MR) is 383 cm³/mol. The molecule has 4 N–H and O–H groups in total. The summed E-state index contributed by atoms with van der Waals surface area (Å²) in [5.74, 6) is -0.641. The summed E-state index contributed by atoms with van der Waals surface area (Å²) in [6, 6.07) is 59.4. The van der Waals surface area contributed by atoms with E-state index in [-0.39, 0.29) is 68.3 Å². The Labute approximate surface area is 573 Å². The number of halogens is 1. The van der Waals surface area contributed by atoms with E-state index in [9.17, 15) is 28.8 Å². The first-order valence-corrected chi connectivity index (χ1v) is 33.1. The molecule has 0 aliphatic carbocycles. The van der Waals surface area contributed by atoms with Crippen molar-refractivity contribution in [3.8, 4) is 0 Å². The second-order valence-corrected chi connectivity index (χ2v) is 25.3. The van der Waals surface area contributed by atoms with E-state index in [0.717, 1.165) is 117 Å². The van der Waals surface area contributed by atoms with Gasteiger partial charge >= 0.3 is 18.3 Å². The third-order valence-corrected chi connectivity index (χ3v) is 15.4. The fourth-order valence-corrected chi connectivity index (χ4v) is 11.0. The number of aliphatic hydroxyl groups excluding tert-OH is 1. The number of aliphatic hydroxyl groups is 1. The van der Waals surface area contributed by atoms with Crippen molar-refractivity contribution < 1.29 is 57.6 Å². The highest BCUT2D eigenvalue weighted by atomic mass is 35.5. The molecule has 8 aromatic rings. The average molecular weight is 1340 g/mol. The van der Waals surface area contributed by atoms with Gasteiger partial charge < -0.3 is 28.8 Å². The molecular formula is C78H87ClN6O12. The summed E-state index contributed by atoms with van der Waals surface area (Å²) in [4.78, 5) is 81.1. The number of ether oxygens (including phenoxy) is 5. The zero-order chi connectivity index (χ0) is 69.6. The normalized spacial score (nSPS) is 12.6. The number of carbonyl (C=O) groups is 6. The number of alkyl halides is 1. The van der Waals surface area contributed by atoms with Crippen molar-refractivity contribution in [1.29, 1.82) is 0 Å². The van der Waals surface area contributed by atoms with Gasteiger partial charge in [-0.1, -0.05) is 133 Å². The van der Waals surface area contributed by atoms with E-state index in [2.05, 4.69) is 16.0 Å². The third kappa shape index (κ3) is 21.6. The molecule has 8 aromatic carbocycles. The minimum atomic E-state index is -0.592. The Balaban J connectivity index is 0.000000181. The fraction of sp³-hybridized carbons (Fsp3) is 0.308. The minimum absolute atomic E-state index is 0.0187. The van der Waals surface area contributed by atoms with Crippen molar-refractivity contribution in [2.45, 2.75) is 138 Å². The number of rotatable bonds is 14. The van der Waals surface area contributed by atoms with Crippen LogP contribution < -0.4 is 30.7 Å². The maximum Gasteiger partial charge on any atom is 0.412 e. The first-order chi connectivity index (χ1) is 46.5. The van der Waals surface area contributed by atoms with Crippen molar-refractivity contribution >= 4 is 98.8 Å². The van der Waals surface area contributed by atoms with Crippen molar-refractivity contribution in [1.82, 2.24) is 0 Å². The van der Waals surface area contributed by atoms with Gasteiger partial charge in [0.2, 0.25) is 5.91 Å². The molecule has 6 amide bonds. The molecule has 0 radical (unpaired) electrons. The van der Waals surface area contributed by atoms with E-state index in [0.29, 0.717) is 17.1 Å². The smallest absolute Gasteiger partial charge is 0.412 e. The zero-order valence-corrected chi connectivity index (χ0v) is 57.3. The maximum absolute atomic E-state index is 13.3. The molecule has 0 saturated heterocycles.